The molecule has 3 atom stereocenters. The van der Waals surface area contributed by atoms with Crippen LogP contribution in [-0.2, 0) is 11.2 Å². The van der Waals surface area contributed by atoms with E-state index in [9.17, 15) is 9.90 Å². The first-order valence-electron chi connectivity index (χ1n) is 11.9. The number of fused-ring (bicyclic) bond motifs is 3. The monoisotopic (exact) mass is 464 g/mol. The number of aliphatic hydroxyl groups excluding tert-OH is 1. The first-order chi connectivity index (χ1) is 16.0. The summed E-state index contributed by atoms with van der Waals surface area (Å²) >= 11 is 6.16. The zero-order valence-electron chi connectivity index (χ0n) is 18.8. The van der Waals surface area contributed by atoms with Crippen molar-refractivity contribution in [2.24, 2.45) is 5.92 Å². The number of ketones is 1. The standard InChI is InChI=1S/C27H29ClN2O3/c1-16-27(26(32)13-29-21-7-9-23(29)25(31)12-21)22-8-2-17(10-18-14-33-15-18)11-24(22)30(16)20-5-3-19(28)4-6-20/h2-6,8,11,18,21,23,25,31H,7,9-10,12-15H2,1H3/t21-,23+,25+/m0/s1. The second kappa shape index (κ2) is 8.24. The normalized spacial score (nSPS) is 25.1. The molecule has 0 amide bonds. The second-order valence-corrected chi connectivity index (χ2v) is 10.4. The Morgan fingerprint density at radius 2 is 1.94 bits per heavy atom. The molecule has 0 unspecified atom stereocenters. The van der Waals surface area contributed by atoms with E-state index >= 15 is 0 Å². The lowest BCUT2D eigenvalue weighted by Crippen LogP contribution is -2.36. The van der Waals surface area contributed by atoms with Gasteiger partial charge in [-0.05, 0) is 68.5 Å². The Labute approximate surface area is 198 Å². The van der Waals surface area contributed by atoms with E-state index in [4.69, 9.17) is 16.3 Å². The Kier molecular flexibility index (Phi) is 5.33. The molecule has 172 valence electrons. The lowest BCUT2D eigenvalue weighted by atomic mass is 9.96. The summed E-state index contributed by atoms with van der Waals surface area (Å²) in [7, 11) is 0. The van der Waals surface area contributed by atoms with Crippen LogP contribution < -0.4 is 0 Å². The quantitative estimate of drug-likeness (QED) is 0.543. The van der Waals surface area contributed by atoms with Gasteiger partial charge in [-0.15, -0.1) is 0 Å². The highest BCUT2D eigenvalue weighted by atomic mass is 35.5. The maximum absolute atomic E-state index is 13.7. The Morgan fingerprint density at radius 3 is 2.58 bits per heavy atom. The van der Waals surface area contributed by atoms with Crippen molar-refractivity contribution < 1.29 is 14.6 Å². The number of carbonyl (C=O) groups is 1. The van der Waals surface area contributed by atoms with Crippen molar-refractivity contribution >= 4 is 28.3 Å². The summed E-state index contributed by atoms with van der Waals surface area (Å²) in [5.41, 5.74) is 5.07. The summed E-state index contributed by atoms with van der Waals surface area (Å²) in [6.07, 6.45) is 3.54. The van der Waals surface area contributed by atoms with E-state index in [0.29, 0.717) is 23.5 Å². The number of hydrogen-bond acceptors (Lipinski definition) is 4. The minimum Gasteiger partial charge on any atom is -0.391 e. The molecule has 3 aliphatic rings. The van der Waals surface area contributed by atoms with Crippen molar-refractivity contribution in [3.63, 3.8) is 0 Å². The largest absolute Gasteiger partial charge is 0.391 e. The number of ether oxygens (including phenoxy) is 1. The number of aromatic nitrogens is 1. The molecule has 0 spiro atoms. The minimum absolute atomic E-state index is 0.125. The Balaban J connectivity index is 1.42. The molecule has 3 fully saturated rings. The summed E-state index contributed by atoms with van der Waals surface area (Å²) in [5.74, 6) is 0.706. The van der Waals surface area contributed by atoms with Crippen LogP contribution in [0.3, 0.4) is 0 Å². The molecular formula is C27H29ClN2O3. The second-order valence-electron chi connectivity index (χ2n) is 9.93. The predicted molar refractivity (Wildman–Crippen MR) is 130 cm³/mol. The van der Waals surface area contributed by atoms with E-state index in [2.05, 4.69) is 27.7 Å². The van der Waals surface area contributed by atoms with Crippen LogP contribution in [0.4, 0.5) is 0 Å². The molecule has 2 aromatic carbocycles. The Hall–Kier alpha value is -2.18. The number of aliphatic hydroxyl groups is 1. The first-order valence-corrected chi connectivity index (χ1v) is 12.3. The predicted octanol–water partition coefficient (Wildman–Crippen LogP) is 4.56. The first kappa shape index (κ1) is 21.4. The third-order valence-electron chi connectivity index (χ3n) is 7.84. The van der Waals surface area contributed by atoms with E-state index in [1.165, 1.54) is 5.56 Å². The number of benzene rings is 2. The van der Waals surface area contributed by atoms with Crippen molar-refractivity contribution in [1.82, 2.24) is 9.47 Å². The number of halogens is 1. The number of nitrogens with zero attached hydrogens (tertiary/aromatic N) is 2. The van der Waals surface area contributed by atoms with E-state index in [-0.39, 0.29) is 17.9 Å². The van der Waals surface area contributed by atoms with Gasteiger partial charge in [-0.2, -0.15) is 0 Å². The number of Topliss-reactive ketones (excluding diaryl/α,β-unsaturated/α-hetero) is 1. The van der Waals surface area contributed by atoms with Gasteiger partial charge in [0.1, 0.15) is 0 Å². The fraction of sp³-hybridized carbons (Fsp3) is 0.444. The van der Waals surface area contributed by atoms with E-state index in [0.717, 1.165) is 66.7 Å². The van der Waals surface area contributed by atoms with Crippen LogP contribution in [0.1, 0.15) is 40.9 Å². The smallest absolute Gasteiger partial charge is 0.179 e. The Bertz CT molecular complexity index is 1210. The highest BCUT2D eigenvalue weighted by Gasteiger charge is 2.46. The highest BCUT2D eigenvalue weighted by Crippen LogP contribution is 2.38. The van der Waals surface area contributed by atoms with Gasteiger partial charge in [-0.3, -0.25) is 9.69 Å². The van der Waals surface area contributed by atoms with Crippen LogP contribution in [0.2, 0.25) is 5.02 Å². The minimum atomic E-state index is -0.300. The number of hydrogen-bond donors (Lipinski definition) is 1. The van der Waals surface area contributed by atoms with Crippen molar-refractivity contribution in [2.75, 3.05) is 19.8 Å². The molecule has 6 rings (SSSR count). The molecule has 4 heterocycles. The van der Waals surface area contributed by atoms with Crippen molar-refractivity contribution in [2.45, 2.75) is 50.8 Å². The van der Waals surface area contributed by atoms with Gasteiger partial charge in [0.2, 0.25) is 0 Å². The van der Waals surface area contributed by atoms with Crippen molar-refractivity contribution in [1.29, 1.82) is 0 Å². The van der Waals surface area contributed by atoms with Crippen LogP contribution in [-0.4, -0.2) is 58.3 Å². The van der Waals surface area contributed by atoms with Gasteiger partial charge < -0.3 is 14.4 Å². The molecular weight excluding hydrogens is 436 g/mol. The summed E-state index contributed by atoms with van der Waals surface area (Å²) in [6, 6.07) is 14.8. The summed E-state index contributed by atoms with van der Waals surface area (Å²) in [4.78, 5) is 15.9. The zero-order chi connectivity index (χ0) is 22.7. The van der Waals surface area contributed by atoms with Crippen molar-refractivity contribution in [3.8, 4) is 5.69 Å². The molecule has 3 aromatic rings. The molecule has 33 heavy (non-hydrogen) atoms. The molecule has 3 saturated heterocycles. The third kappa shape index (κ3) is 3.62. The molecule has 1 aromatic heterocycles. The van der Waals surface area contributed by atoms with Gasteiger partial charge in [-0.25, -0.2) is 0 Å². The fourth-order valence-electron chi connectivity index (χ4n) is 6.16. The van der Waals surface area contributed by atoms with Gasteiger partial charge in [0.25, 0.3) is 0 Å². The molecule has 2 bridgehead atoms. The molecule has 1 N–H and O–H groups in total. The molecule has 3 aliphatic heterocycles. The highest BCUT2D eigenvalue weighted by molar-refractivity contribution is 6.30. The summed E-state index contributed by atoms with van der Waals surface area (Å²) in [5, 5.41) is 12.0. The van der Waals surface area contributed by atoms with Gasteiger partial charge >= 0.3 is 0 Å². The molecule has 5 nitrogen and oxygen atoms in total. The average molecular weight is 465 g/mol. The number of carbonyl (C=O) groups excluding carboxylic acids is 1. The van der Waals surface area contributed by atoms with Crippen LogP contribution in [0.15, 0.2) is 42.5 Å². The zero-order valence-corrected chi connectivity index (χ0v) is 19.6. The average Bonchev–Trinajstić information content (AvgIpc) is 3.38. The molecule has 0 radical (unpaired) electrons. The lowest BCUT2D eigenvalue weighted by Gasteiger charge is -2.25. The summed E-state index contributed by atoms with van der Waals surface area (Å²) < 4.78 is 7.55. The van der Waals surface area contributed by atoms with Gasteiger partial charge in [0, 0.05) is 45.4 Å². The van der Waals surface area contributed by atoms with Crippen molar-refractivity contribution in [3.05, 3.63) is 64.3 Å². The van der Waals surface area contributed by atoms with Crippen LogP contribution >= 0.6 is 11.6 Å². The number of rotatable bonds is 6. The molecule has 0 aliphatic carbocycles. The van der Waals surface area contributed by atoms with Gasteiger partial charge in [0.05, 0.1) is 31.4 Å². The molecule has 6 heteroatoms. The maximum Gasteiger partial charge on any atom is 0.179 e. The van der Waals surface area contributed by atoms with Crippen LogP contribution in [0, 0.1) is 12.8 Å². The SMILES string of the molecule is Cc1c(C(=O)CN2[C@H]3CC[C@@H]2[C@H](O)C3)c2ccc(CC3COC3)cc2n1-c1ccc(Cl)cc1. The third-order valence-corrected chi connectivity index (χ3v) is 8.09. The summed E-state index contributed by atoms with van der Waals surface area (Å²) in [6.45, 7) is 4.05. The lowest BCUT2D eigenvalue weighted by molar-refractivity contribution is -0.0312. The van der Waals surface area contributed by atoms with Gasteiger partial charge in [-0.1, -0.05) is 23.7 Å². The van der Waals surface area contributed by atoms with E-state index < -0.39 is 0 Å². The van der Waals surface area contributed by atoms with Gasteiger partial charge in [0.15, 0.2) is 5.78 Å². The van der Waals surface area contributed by atoms with Crippen LogP contribution in [0.25, 0.3) is 16.6 Å². The van der Waals surface area contributed by atoms with Crippen LogP contribution in [0.5, 0.6) is 0 Å². The fourth-order valence-corrected chi connectivity index (χ4v) is 6.28. The molecule has 0 saturated carbocycles. The van der Waals surface area contributed by atoms with E-state index in [1.54, 1.807) is 0 Å². The Morgan fingerprint density at radius 1 is 1.15 bits per heavy atom. The van der Waals surface area contributed by atoms with E-state index in [1.807, 2.05) is 31.2 Å². The maximum atomic E-state index is 13.7. The topological polar surface area (TPSA) is 54.7 Å².